The molecule has 2 atom stereocenters. The molecule has 7 heteroatoms. The van der Waals surface area contributed by atoms with E-state index in [1.165, 1.54) is 12.1 Å². The summed E-state index contributed by atoms with van der Waals surface area (Å²) >= 11 is 0. The number of benzene rings is 1. The molecule has 1 fully saturated rings. The van der Waals surface area contributed by atoms with E-state index in [1.54, 1.807) is 0 Å². The van der Waals surface area contributed by atoms with Gasteiger partial charge in [-0.2, -0.15) is 0 Å². The van der Waals surface area contributed by atoms with Crippen LogP contribution in [0.1, 0.15) is 29.6 Å². The fourth-order valence-electron chi connectivity index (χ4n) is 2.39. The van der Waals surface area contributed by atoms with E-state index in [9.17, 15) is 23.1 Å². The number of ether oxygens (including phenoxy) is 1. The molecular formula is C14H16F3NO3. The summed E-state index contributed by atoms with van der Waals surface area (Å²) in [5, 5.41) is 12.3. The van der Waals surface area contributed by atoms with Crippen LogP contribution in [-0.4, -0.2) is 30.0 Å². The quantitative estimate of drug-likeness (QED) is 0.898. The number of aliphatic hydroxyl groups is 1. The average molecular weight is 303 g/mol. The summed E-state index contributed by atoms with van der Waals surface area (Å²) < 4.78 is 39.7. The van der Waals surface area contributed by atoms with Crippen molar-refractivity contribution in [3.05, 3.63) is 29.8 Å². The molecule has 1 aromatic carbocycles. The van der Waals surface area contributed by atoms with E-state index >= 15 is 0 Å². The SMILES string of the molecule is O=C(NCC1CCCC1O)c1ccc(OC(F)(F)F)cc1. The van der Waals surface area contributed by atoms with Crippen molar-refractivity contribution in [1.82, 2.24) is 5.32 Å². The number of rotatable bonds is 4. The molecule has 0 heterocycles. The summed E-state index contributed by atoms with van der Waals surface area (Å²) in [5.74, 6) is -0.709. The molecule has 2 unspecified atom stereocenters. The van der Waals surface area contributed by atoms with E-state index < -0.39 is 12.5 Å². The Hall–Kier alpha value is -1.76. The Morgan fingerprint density at radius 1 is 1.29 bits per heavy atom. The normalized spacial score (nSPS) is 22.1. The lowest BCUT2D eigenvalue weighted by Gasteiger charge is -2.15. The Labute approximate surface area is 119 Å². The number of alkyl halides is 3. The molecule has 1 saturated carbocycles. The van der Waals surface area contributed by atoms with Gasteiger partial charge in [-0.05, 0) is 37.1 Å². The monoisotopic (exact) mass is 303 g/mol. The summed E-state index contributed by atoms with van der Waals surface area (Å²) in [6.45, 7) is 0.362. The second kappa shape index (κ2) is 6.34. The topological polar surface area (TPSA) is 58.6 Å². The van der Waals surface area contributed by atoms with Gasteiger partial charge in [-0.3, -0.25) is 4.79 Å². The van der Waals surface area contributed by atoms with Gasteiger partial charge in [-0.15, -0.1) is 13.2 Å². The zero-order valence-corrected chi connectivity index (χ0v) is 11.2. The van der Waals surface area contributed by atoms with Crippen LogP contribution >= 0.6 is 0 Å². The van der Waals surface area contributed by atoms with E-state index in [0.29, 0.717) is 6.54 Å². The minimum absolute atomic E-state index is 0.0433. The number of nitrogens with one attached hydrogen (secondary N) is 1. The van der Waals surface area contributed by atoms with Gasteiger partial charge < -0.3 is 15.2 Å². The molecule has 116 valence electrons. The van der Waals surface area contributed by atoms with Gasteiger partial charge in [-0.1, -0.05) is 6.42 Å². The molecule has 0 radical (unpaired) electrons. The molecule has 1 aliphatic rings. The number of carbonyl (C=O) groups excluding carboxylic acids is 1. The van der Waals surface area contributed by atoms with E-state index in [0.717, 1.165) is 31.4 Å². The maximum absolute atomic E-state index is 12.0. The molecule has 0 aromatic heterocycles. The highest BCUT2D eigenvalue weighted by atomic mass is 19.4. The summed E-state index contributed by atoms with van der Waals surface area (Å²) in [4.78, 5) is 11.8. The first-order chi connectivity index (χ1) is 9.85. The number of hydrogen-bond acceptors (Lipinski definition) is 3. The summed E-state index contributed by atoms with van der Waals surface area (Å²) in [6, 6.07) is 4.71. The molecule has 0 bridgehead atoms. The third-order valence-corrected chi connectivity index (χ3v) is 3.49. The van der Waals surface area contributed by atoms with Crippen LogP contribution in [0.25, 0.3) is 0 Å². The van der Waals surface area contributed by atoms with E-state index in [1.807, 2.05) is 0 Å². The molecule has 2 rings (SSSR count). The molecule has 1 aliphatic carbocycles. The molecule has 0 spiro atoms. The Balaban J connectivity index is 1.87. The lowest BCUT2D eigenvalue weighted by atomic mass is 10.1. The number of amides is 1. The third-order valence-electron chi connectivity index (χ3n) is 3.49. The Kier molecular flexibility index (Phi) is 4.72. The van der Waals surface area contributed by atoms with Crippen molar-refractivity contribution in [3.8, 4) is 5.75 Å². The van der Waals surface area contributed by atoms with Crippen LogP contribution in [0.5, 0.6) is 5.75 Å². The minimum Gasteiger partial charge on any atom is -0.406 e. The Morgan fingerprint density at radius 2 is 1.95 bits per heavy atom. The van der Waals surface area contributed by atoms with Gasteiger partial charge in [0.2, 0.25) is 0 Å². The van der Waals surface area contributed by atoms with Crippen LogP contribution in [0.2, 0.25) is 0 Å². The highest BCUT2D eigenvalue weighted by Gasteiger charge is 2.31. The fourth-order valence-corrected chi connectivity index (χ4v) is 2.39. The van der Waals surface area contributed by atoms with Crippen molar-refractivity contribution < 1.29 is 27.8 Å². The van der Waals surface area contributed by atoms with Gasteiger partial charge in [0.1, 0.15) is 5.75 Å². The molecule has 2 N–H and O–H groups in total. The average Bonchev–Trinajstić information content (AvgIpc) is 2.80. The van der Waals surface area contributed by atoms with Crippen molar-refractivity contribution in [2.75, 3.05) is 6.54 Å². The number of carbonyl (C=O) groups is 1. The van der Waals surface area contributed by atoms with Crippen molar-refractivity contribution in [3.63, 3.8) is 0 Å². The predicted octanol–water partition coefficient (Wildman–Crippen LogP) is 2.48. The first kappa shape index (κ1) is 15.6. The standard InChI is InChI=1S/C14H16F3NO3/c15-14(16,17)21-11-6-4-9(5-7-11)13(20)18-8-10-2-1-3-12(10)19/h4-7,10,12,19H,1-3,8H2,(H,18,20). The molecule has 1 aromatic rings. The van der Waals surface area contributed by atoms with Crippen LogP contribution in [0.4, 0.5) is 13.2 Å². The maximum atomic E-state index is 12.0. The van der Waals surface area contributed by atoms with Gasteiger partial charge in [0.15, 0.2) is 0 Å². The zero-order valence-electron chi connectivity index (χ0n) is 11.2. The van der Waals surface area contributed by atoms with Gasteiger partial charge in [0.05, 0.1) is 6.10 Å². The van der Waals surface area contributed by atoms with E-state index in [-0.39, 0.29) is 23.1 Å². The van der Waals surface area contributed by atoms with E-state index in [2.05, 4.69) is 10.1 Å². The Morgan fingerprint density at radius 3 is 2.48 bits per heavy atom. The maximum Gasteiger partial charge on any atom is 0.573 e. The fraction of sp³-hybridized carbons (Fsp3) is 0.500. The van der Waals surface area contributed by atoms with Crippen LogP contribution in [0.3, 0.4) is 0 Å². The first-order valence-electron chi connectivity index (χ1n) is 6.67. The van der Waals surface area contributed by atoms with Gasteiger partial charge in [-0.25, -0.2) is 0 Å². The highest BCUT2D eigenvalue weighted by Crippen LogP contribution is 2.25. The smallest absolute Gasteiger partial charge is 0.406 e. The molecular weight excluding hydrogens is 287 g/mol. The number of halogens is 3. The van der Waals surface area contributed by atoms with Crippen LogP contribution < -0.4 is 10.1 Å². The summed E-state index contributed by atoms with van der Waals surface area (Å²) in [5.41, 5.74) is 0.247. The molecule has 4 nitrogen and oxygen atoms in total. The van der Waals surface area contributed by atoms with Crippen LogP contribution in [-0.2, 0) is 0 Å². The van der Waals surface area contributed by atoms with Crippen LogP contribution in [0, 0.1) is 5.92 Å². The minimum atomic E-state index is -4.75. The first-order valence-corrected chi connectivity index (χ1v) is 6.67. The molecule has 21 heavy (non-hydrogen) atoms. The molecule has 0 saturated heterocycles. The van der Waals surface area contributed by atoms with Gasteiger partial charge in [0.25, 0.3) is 5.91 Å². The van der Waals surface area contributed by atoms with Crippen molar-refractivity contribution >= 4 is 5.91 Å². The predicted molar refractivity (Wildman–Crippen MR) is 68.8 cm³/mol. The second-order valence-electron chi connectivity index (χ2n) is 5.04. The van der Waals surface area contributed by atoms with Gasteiger partial charge >= 0.3 is 6.36 Å². The molecule has 1 amide bonds. The highest BCUT2D eigenvalue weighted by molar-refractivity contribution is 5.94. The van der Waals surface area contributed by atoms with Crippen LogP contribution in [0.15, 0.2) is 24.3 Å². The van der Waals surface area contributed by atoms with Crippen molar-refractivity contribution in [2.24, 2.45) is 5.92 Å². The number of hydrogen-bond donors (Lipinski definition) is 2. The molecule has 0 aliphatic heterocycles. The summed E-state index contributed by atoms with van der Waals surface area (Å²) in [6.07, 6.45) is -2.61. The van der Waals surface area contributed by atoms with Gasteiger partial charge in [0, 0.05) is 18.0 Å². The lowest BCUT2D eigenvalue weighted by Crippen LogP contribution is -2.32. The van der Waals surface area contributed by atoms with Crippen molar-refractivity contribution in [1.29, 1.82) is 0 Å². The second-order valence-corrected chi connectivity index (χ2v) is 5.04. The zero-order chi connectivity index (χ0) is 15.5. The van der Waals surface area contributed by atoms with Crippen molar-refractivity contribution in [2.45, 2.75) is 31.7 Å². The summed E-state index contributed by atoms with van der Waals surface area (Å²) in [7, 11) is 0. The largest absolute Gasteiger partial charge is 0.573 e. The lowest BCUT2D eigenvalue weighted by molar-refractivity contribution is -0.274. The number of aliphatic hydroxyl groups excluding tert-OH is 1. The van der Waals surface area contributed by atoms with E-state index in [4.69, 9.17) is 0 Å². The Bertz CT molecular complexity index is 487. The third kappa shape index (κ3) is 4.63.